The Kier molecular flexibility index (Phi) is 10.5. The molecule has 0 saturated heterocycles. The van der Waals surface area contributed by atoms with Gasteiger partial charge in [0, 0.05) is 32.7 Å². The van der Waals surface area contributed by atoms with Crippen molar-refractivity contribution in [3.8, 4) is 0 Å². The summed E-state index contributed by atoms with van der Waals surface area (Å²) < 4.78 is 33.0. The van der Waals surface area contributed by atoms with Crippen LogP contribution < -0.4 is 0 Å². The maximum atomic E-state index is 5.85. The molecule has 0 aliphatic rings. The van der Waals surface area contributed by atoms with Crippen molar-refractivity contribution in [2.45, 2.75) is 45.7 Å². The summed E-state index contributed by atoms with van der Waals surface area (Å²) >= 11 is 3.39. The van der Waals surface area contributed by atoms with E-state index in [2.05, 4.69) is 15.9 Å². The van der Waals surface area contributed by atoms with Crippen LogP contribution in [0.2, 0.25) is 6.04 Å². The highest BCUT2D eigenvalue weighted by molar-refractivity contribution is 9.09. The molecule has 116 valence electrons. The molecule has 0 aliphatic heterocycles. The fraction of sp³-hybridized carbons (Fsp3) is 1.00. The molecule has 0 heterocycles. The topological polar surface area (TPSA) is 55.4 Å². The molecule has 0 amide bonds. The fourth-order valence-electron chi connectivity index (χ4n) is 1.28. The zero-order chi connectivity index (χ0) is 14.9. The van der Waals surface area contributed by atoms with Crippen LogP contribution in [0, 0.1) is 0 Å². The van der Waals surface area contributed by atoms with Crippen molar-refractivity contribution in [1.29, 1.82) is 0 Å². The number of hydrogen-bond acceptors (Lipinski definition) is 6. The molecule has 8 heteroatoms. The predicted molar refractivity (Wildman–Crippen MR) is 77.0 cm³/mol. The lowest BCUT2D eigenvalue weighted by atomic mass is 10.8. The molecular formula is C11H25BrO6Si. The van der Waals surface area contributed by atoms with Gasteiger partial charge in [0.05, 0.1) is 0 Å². The van der Waals surface area contributed by atoms with Gasteiger partial charge in [-0.05, 0) is 20.8 Å². The Balaban J connectivity index is 4.96. The zero-order valence-corrected chi connectivity index (χ0v) is 15.1. The third kappa shape index (κ3) is 7.71. The molecule has 0 spiro atoms. The van der Waals surface area contributed by atoms with Crippen LogP contribution in [0.25, 0.3) is 0 Å². The number of alkyl halides is 1. The van der Waals surface area contributed by atoms with E-state index in [1.807, 2.05) is 0 Å². The van der Waals surface area contributed by atoms with Crippen molar-refractivity contribution in [2.75, 3.05) is 26.7 Å². The molecule has 0 fully saturated rings. The molecule has 3 unspecified atom stereocenters. The second-order valence-electron chi connectivity index (χ2n) is 3.89. The highest BCUT2D eigenvalue weighted by Crippen LogP contribution is 2.23. The Morgan fingerprint density at radius 1 is 0.789 bits per heavy atom. The minimum Gasteiger partial charge on any atom is -0.357 e. The van der Waals surface area contributed by atoms with E-state index in [1.165, 1.54) is 0 Å². The van der Waals surface area contributed by atoms with Gasteiger partial charge in [-0.3, -0.25) is 0 Å². The molecule has 19 heavy (non-hydrogen) atoms. The van der Waals surface area contributed by atoms with Crippen LogP contribution in [-0.2, 0) is 27.5 Å². The number of ether oxygens (including phenoxy) is 3. The summed E-state index contributed by atoms with van der Waals surface area (Å²) in [5.41, 5.74) is 0. The van der Waals surface area contributed by atoms with E-state index in [1.54, 1.807) is 42.1 Å². The van der Waals surface area contributed by atoms with E-state index in [4.69, 9.17) is 27.5 Å². The maximum absolute atomic E-state index is 5.85. The molecule has 0 radical (unpaired) electrons. The summed E-state index contributed by atoms with van der Waals surface area (Å²) in [6.07, 6.45) is -1.29. The first kappa shape index (κ1) is 19.5. The quantitative estimate of drug-likeness (QED) is 0.320. The molecule has 0 aliphatic carbocycles. The number of rotatable bonds is 11. The summed E-state index contributed by atoms with van der Waals surface area (Å²) in [6, 6.07) is 0.585. The molecule has 6 nitrogen and oxygen atoms in total. The Bertz CT molecular complexity index is 202. The van der Waals surface area contributed by atoms with Gasteiger partial charge in [-0.2, -0.15) is 0 Å². The summed E-state index contributed by atoms with van der Waals surface area (Å²) in [5.74, 6) is 0. The van der Waals surface area contributed by atoms with E-state index in [9.17, 15) is 0 Å². The normalized spacial score (nSPS) is 19.7. The third-order valence-electron chi connectivity index (χ3n) is 2.43. The molecule has 0 aromatic carbocycles. The van der Waals surface area contributed by atoms with Gasteiger partial charge in [0.15, 0.2) is 0 Å². The smallest absolute Gasteiger partial charge is 0.357 e. The first-order valence-corrected chi connectivity index (χ1v) is 9.16. The Labute approximate surface area is 125 Å². The molecule has 0 saturated carbocycles. The molecule has 0 aromatic rings. The zero-order valence-electron chi connectivity index (χ0n) is 12.5. The van der Waals surface area contributed by atoms with Crippen LogP contribution in [-0.4, -0.2) is 54.3 Å². The van der Waals surface area contributed by atoms with Crippen LogP contribution in [0.4, 0.5) is 0 Å². The summed E-state index contributed by atoms with van der Waals surface area (Å²) in [6.45, 7) is 5.37. The number of halogens is 1. The van der Waals surface area contributed by atoms with E-state index in [-0.39, 0.29) is 0 Å². The number of methoxy groups -OCH3 is 3. The Hall–Kier alpha value is 0.457. The van der Waals surface area contributed by atoms with Crippen LogP contribution in [0.3, 0.4) is 0 Å². The van der Waals surface area contributed by atoms with E-state index < -0.39 is 27.7 Å². The molecule has 0 bridgehead atoms. The van der Waals surface area contributed by atoms with Crippen LogP contribution in [0.5, 0.6) is 0 Å². The lowest BCUT2D eigenvalue weighted by Crippen LogP contribution is -2.52. The first-order valence-electron chi connectivity index (χ1n) is 6.10. The molecule has 0 aromatic heterocycles. The molecule has 0 rings (SSSR count). The molecule has 3 atom stereocenters. The van der Waals surface area contributed by atoms with E-state index in [0.29, 0.717) is 11.4 Å². The van der Waals surface area contributed by atoms with Gasteiger partial charge in [0.25, 0.3) is 0 Å². The van der Waals surface area contributed by atoms with Crippen molar-refractivity contribution in [3.05, 3.63) is 0 Å². The molecule has 0 N–H and O–H groups in total. The molecular weight excluding hydrogens is 336 g/mol. The minimum atomic E-state index is -2.97. The maximum Gasteiger partial charge on any atom is 0.507 e. The average molecular weight is 361 g/mol. The summed E-state index contributed by atoms with van der Waals surface area (Å²) in [4.78, 5) is 0. The first-order chi connectivity index (χ1) is 8.92. The second-order valence-corrected chi connectivity index (χ2v) is 7.25. The van der Waals surface area contributed by atoms with Gasteiger partial charge in [0.1, 0.15) is 18.9 Å². The van der Waals surface area contributed by atoms with Crippen molar-refractivity contribution >= 4 is 24.7 Å². The largest absolute Gasteiger partial charge is 0.507 e. The standard InChI is InChI=1S/C11H25BrO6Si/c1-9(13-4)16-19(8-7-12,17-10(2)14-5)18-11(3)15-6/h9-11H,7-8H2,1-6H3. The SMILES string of the molecule is COC(C)O[Si](CCBr)(OC(C)OC)OC(C)OC. The van der Waals surface area contributed by atoms with Crippen molar-refractivity contribution < 1.29 is 27.5 Å². The van der Waals surface area contributed by atoms with Crippen LogP contribution in [0.1, 0.15) is 20.8 Å². The highest BCUT2D eigenvalue weighted by atomic mass is 79.9. The van der Waals surface area contributed by atoms with Crippen LogP contribution in [0.15, 0.2) is 0 Å². The second kappa shape index (κ2) is 10.2. The monoisotopic (exact) mass is 360 g/mol. The fourth-order valence-corrected chi connectivity index (χ4v) is 5.29. The van der Waals surface area contributed by atoms with Crippen LogP contribution >= 0.6 is 15.9 Å². The van der Waals surface area contributed by atoms with Crippen molar-refractivity contribution in [2.24, 2.45) is 0 Å². The van der Waals surface area contributed by atoms with Gasteiger partial charge in [0.2, 0.25) is 0 Å². The number of hydrogen-bond donors (Lipinski definition) is 0. The Morgan fingerprint density at radius 3 is 1.32 bits per heavy atom. The minimum absolute atomic E-state index is 0.432. The predicted octanol–water partition coefficient (Wildman–Crippen LogP) is 2.35. The van der Waals surface area contributed by atoms with Gasteiger partial charge in [-0.15, -0.1) is 0 Å². The summed E-state index contributed by atoms with van der Waals surface area (Å²) in [7, 11) is 1.73. The van der Waals surface area contributed by atoms with Gasteiger partial charge in [-0.25, -0.2) is 0 Å². The van der Waals surface area contributed by atoms with Crippen molar-refractivity contribution in [1.82, 2.24) is 0 Å². The van der Waals surface area contributed by atoms with Gasteiger partial charge >= 0.3 is 8.80 Å². The van der Waals surface area contributed by atoms with Gasteiger partial charge in [-0.1, -0.05) is 15.9 Å². The highest BCUT2D eigenvalue weighted by Gasteiger charge is 2.45. The average Bonchev–Trinajstić information content (AvgIpc) is 2.38. The third-order valence-corrected chi connectivity index (χ3v) is 6.50. The van der Waals surface area contributed by atoms with E-state index >= 15 is 0 Å². The lowest BCUT2D eigenvalue weighted by Gasteiger charge is -2.34. The van der Waals surface area contributed by atoms with Crippen molar-refractivity contribution in [3.63, 3.8) is 0 Å². The summed E-state index contributed by atoms with van der Waals surface area (Å²) in [5, 5.41) is 0.683. The van der Waals surface area contributed by atoms with Gasteiger partial charge < -0.3 is 27.5 Å². The van der Waals surface area contributed by atoms with E-state index in [0.717, 1.165) is 0 Å². The Morgan fingerprint density at radius 2 is 1.11 bits per heavy atom. The lowest BCUT2D eigenvalue weighted by molar-refractivity contribution is -0.162.